The van der Waals surface area contributed by atoms with E-state index in [1.165, 1.54) is 31.5 Å². The SMILES string of the molecule is COC(C)(C)Cc1nc(C2CCCC2)n(C(C)(C)C)c1N. The van der Waals surface area contributed by atoms with E-state index >= 15 is 0 Å². The number of nitrogens with two attached hydrogens (primary N) is 1. The van der Waals surface area contributed by atoms with Gasteiger partial charge in [-0.2, -0.15) is 0 Å². The molecule has 2 N–H and O–H groups in total. The maximum atomic E-state index is 6.46. The predicted octanol–water partition coefficient (Wildman–Crippen LogP) is 3.85. The van der Waals surface area contributed by atoms with E-state index in [-0.39, 0.29) is 11.1 Å². The van der Waals surface area contributed by atoms with Crippen LogP contribution in [0.3, 0.4) is 0 Å². The van der Waals surface area contributed by atoms with E-state index < -0.39 is 0 Å². The summed E-state index contributed by atoms with van der Waals surface area (Å²) in [7, 11) is 1.74. The molecule has 0 amide bonds. The van der Waals surface area contributed by atoms with E-state index in [1.807, 2.05) is 0 Å². The topological polar surface area (TPSA) is 53.1 Å². The number of ether oxygens (including phenoxy) is 1. The Morgan fingerprint density at radius 2 is 1.76 bits per heavy atom. The molecule has 0 unspecified atom stereocenters. The molecule has 0 radical (unpaired) electrons. The first-order chi connectivity index (χ1) is 9.65. The summed E-state index contributed by atoms with van der Waals surface area (Å²) in [5.41, 5.74) is 7.17. The van der Waals surface area contributed by atoms with Crippen LogP contribution in [-0.2, 0) is 16.7 Å². The van der Waals surface area contributed by atoms with Crippen LogP contribution in [-0.4, -0.2) is 22.3 Å². The maximum Gasteiger partial charge on any atom is 0.127 e. The zero-order chi connectivity index (χ0) is 15.8. The highest BCUT2D eigenvalue weighted by atomic mass is 16.5. The first kappa shape index (κ1) is 16.3. The van der Waals surface area contributed by atoms with Crippen molar-refractivity contribution in [2.75, 3.05) is 12.8 Å². The molecule has 1 saturated carbocycles. The Hall–Kier alpha value is -1.03. The number of anilines is 1. The molecule has 0 bridgehead atoms. The first-order valence-corrected chi connectivity index (χ1v) is 8.08. The number of methoxy groups -OCH3 is 1. The van der Waals surface area contributed by atoms with Gasteiger partial charge in [-0.05, 0) is 47.5 Å². The molecule has 0 atom stereocenters. The van der Waals surface area contributed by atoms with Gasteiger partial charge >= 0.3 is 0 Å². The van der Waals surface area contributed by atoms with E-state index in [2.05, 4.69) is 39.2 Å². The second-order valence-electron chi connectivity index (χ2n) is 7.93. The van der Waals surface area contributed by atoms with E-state index in [4.69, 9.17) is 15.5 Å². The largest absolute Gasteiger partial charge is 0.384 e. The molecule has 1 aliphatic carbocycles. The highest BCUT2D eigenvalue weighted by Crippen LogP contribution is 2.38. The van der Waals surface area contributed by atoms with Crippen LogP contribution in [0.1, 0.15) is 77.7 Å². The number of imidazole rings is 1. The van der Waals surface area contributed by atoms with Gasteiger partial charge in [0.1, 0.15) is 11.6 Å². The zero-order valence-electron chi connectivity index (χ0n) is 14.5. The van der Waals surface area contributed by atoms with Gasteiger partial charge in [0.15, 0.2) is 0 Å². The summed E-state index contributed by atoms with van der Waals surface area (Å²) >= 11 is 0. The first-order valence-electron chi connectivity index (χ1n) is 8.08. The minimum Gasteiger partial charge on any atom is -0.384 e. The quantitative estimate of drug-likeness (QED) is 0.917. The van der Waals surface area contributed by atoms with Gasteiger partial charge in [0.25, 0.3) is 0 Å². The third kappa shape index (κ3) is 3.42. The fourth-order valence-corrected chi connectivity index (χ4v) is 3.27. The molecule has 1 aliphatic rings. The third-order valence-corrected chi connectivity index (χ3v) is 4.55. The van der Waals surface area contributed by atoms with Crippen LogP contribution in [0.2, 0.25) is 0 Å². The molecular weight excluding hydrogens is 262 g/mol. The van der Waals surface area contributed by atoms with E-state index in [1.54, 1.807) is 7.11 Å². The van der Waals surface area contributed by atoms with Crippen LogP contribution in [0, 0.1) is 0 Å². The number of nitrogen functional groups attached to an aromatic ring is 1. The van der Waals surface area contributed by atoms with Crippen molar-refractivity contribution < 1.29 is 4.74 Å². The Morgan fingerprint density at radius 3 is 2.24 bits per heavy atom. The molecular formula is C17H31N3O. The summed E-state index contributed by atoms with van der Waals surface area (Å²) < 4.78 is 7.81. The van der Waals surface area contributed by atoms with E-state index in [0.29, 0.717) is 5.92 Å². The lowest BCUT2D eigenvalue weighted by Crippen LogP contribution is -2.28. The van der Waals surface area contributed by atoms with Crippen LogP contribution in [0.5, 0.6) is 0 Å². The van der Waals surface area contributed by atoms with Crippen molar-refractivity contribution in [2.24, 2.45) is 0 Å². The fraction of sp³-hybridized carbons (Fsp3) is 0.824. The van der Waals surface area contributed by atoms with Crippen molar-refractivity contribution in [2.45, 2.75) is 83.8 Å². The number of rotatable bonds is 4. The average molecular weight is 293 g/mol. The van der Waals surface area contributed by atoms with Crippen molar-refractivity contribution >= 4 is 5.82 Å². The molecule has 120 valence electrons. The van der Waals surface area contributed by atoms with Crippen LogP contribution in [0.25, 0.3) is 0 Å². The minimum absolute atomic E-state index is 0.0372. The van der Waals surface area contributed by atoms with E-state index in [9.17, 15) is 0 Å². The maximum absolute atomic E-state index is 6.46. The number of aromatic nitrogens is 2. The predicted molar refractivity (Wildman–Crippen MR) is 87.6 cm³/mol. The van der Waals surface area contributed by atoms with Crippen molar-refractivity contribution in [1.29, 1.82) is 0 Å². The highest BCUT2D eigenvalue weighted by molar-refractivity contribution is 5.41. The standard InChI is InChI=1S/C17H31N3O/c1-16(2,3)20-14(18)13(11-17(4,5)21-6)19-15(20)12-9-7-8-10-12/h12H,7-11,18H2,1-6H3. The van der Waals surface area contributed by atoms with Crippen LogP contribution >= 0.6 is 0 Å². The second-order valence-corrected chi connectivity index (χ2v) is 7.93. The minimum atomic E-state index is -0.238. The van der Waals surface area contributed by atoms with Gasteiger partial charge in [-0.25, -0.2) is 4.98 Å². The van der Waals surface area contributed by atoms with Crippen LogP contribution in [0.4, 0.5) is 5.82 Å². The molecule has 4 heteroatoms. The zero-order valence-corrected chi connectivity index (χ0v) is 14.5. The molecule has 0 saturated heterocycles. The molecule has 2 rings (SSSR count). The molecule has 4 nitrogen and oxygen atoms in total. The number of hydrogen-bond acceptors (Lipinski definition) is 3. The molecule has 1 heterocycles. The monoisotopic (exact) mass is 293 g/mol. The lowest BCUT2D eigenvalue weighted by Gasteiger charge is -2.27. The van der Waals surface area contributed by atoms with Gasteiger partial charge in [-0.15, -0.1) is 0 Å². The Morgan fingerprint density at radius 1 is 1.19 bits per heavy atom. The molecule has 1 fully saturated rings. The Bertz CT molecular complexity index is 491. The molecule has 21 heavy (non-hydrogen) atoms. The van der Waals surface area contributed by atoms with Gasteiger partial charge in [-0.3, -0.25) is 0 Å². The van der Waals surface area contributed by atoms with Crippen LogP contribution in [0.15, 0.2) is 0 Å². The Balaban J connectivity index is 2.44. The van der Waals surface area contributed by atoms with Gasteiger partial charge < -0.3 is 15.0 Å². The molecule has 0 spiro atoms. The van der Waals surface area contributed by atoms with Crippen molar-refractivity contribution in [3.05, 3.63) is 11.5 Å². The summed E-state index contributed by atoms with van der Waals surface area (Å²) in [6.45, 7) is 10.8. The molecule has 1 aromatic rings. The Kier molecular flexibility index (Phi) is 4.39. The summed E-state index contributed by atoms with van der Waals surface area (Å²) in [4.78, 5) is 4.95. The van der Waals surface area contributed by atoms with Gasteiger partial charge in [-0.1, -0.05) is 12.8 Å². The number of nitrogens with zero attached hydrogens (tertiary/aromatic N) is 2. The smallest absolute Gasteiger partial charge is 0.127 e. The Labute approximate surface area is 129 Å². The summed E-state index contributed by atoms with van der Waals surface area (Å²) in [6, 6.07) is 0. The van der Waals surface area contributed by atoms with Gasteiger partial charge in [0.2, 0.25) is 0 Å². The molecule has 1 aromatic heterocycles. The normalized spacial score (nSPS) is 17.6. The van der Waals surface area contributed by atoms with Crippen molar-refractivity contribution in [1.82, 2.24) is 9.55 Å². The van der Waals surface area contributed by atoms with Gasteiger partial charge in [0, 0.05) is 25.0 Å². The lowest BCUT2D eigenvalue weighted by atomic mass is 10.0. The van der Waals surface area contributed by atoms with Crippen LogP contribution < -0.4 is 5.73 Å². The van der Waals surface area contributed by atoms with Crippen molar-refractivity contribution in [3.8, 4) is 0 Å². The van der Waals surface area contributed by atoms with Crippen molar-refractivity contribution in [3.63, 3.8) is 0 Å². The fourth-order valence-electron chi connectivity index (χ4n) is 3.27. The second kappa shape index (κ2) is 5.64. The highest BCUT2D eigenvalue weighted by Gasteiger charge is 2.31. The third-order valence-electron chi connectivity index (χ3n) is 4.55. The molecule has 0 aromatic carbocycles. The average Bonchev–Trinajstić information content (AvgIpc) is 2.97. The lowest BCUT2D eigenvalue weighted by molar-refractivity contribution is 0.0226. The summed E-state index contributed by atoms with van der Waals surface area (Å²) in [6.07, 6.45) is 5.83. The number of hydrogen-bond donors (Lipinski definition) is 1. The molecule has 0 aliphatic heterocycles. The van der Waals surface area contributed by atoms with E-state index in [0.717, 1.165) is 17.9 Å². The van der Waals surface area contributed by atoms with Gasteiger partial charge in [0.05, 0.1) is 11.3 Å². The summed E-state index contributed by atoms with van der Waals surface area (Å²) in [5, 5.41) is 0. The summed E-state index contributed by atoms with van der Waals surface area (Å²) in [5.74, 6) is 2.56.